The van der Waals surface area contributed by atoms with Crippen LogP contribution >= 0.6 is 0 Å². The molecule has 0 saturated carbocycles. The van der Waals surface area contributed by atoms with Crippen LogP contribution in [0.2, 0.25) is 0 Å². The average molecular weight is 321 g/mol. The third-order valence-electron chi connectivity index (χ3n) is 5.65. The topological polar surface area (TPSA) is 66.6 Å². The maximum atomic E-state index is 11.9. The van der Waals surface area contributed by atoms with Crippen molar-refractivity contribution in [2.24, 2.45) is 11.1 Å². The van der Waals surface area contributed by atoms with Crippen molar-refractivity contribution in [1.29, 1.82) is 0 Å². The van der Waals surface area contributed by atoms with Gasteiger partial charge >= 0.3 is 0 Å². The van der Waals surface area contributed by atoms with E-state index in [1.807, 2.05) is 0 Å². The fraction of sp³-hybridized carbons (Fsp3) is 0.625. The quantitative estimate of drug-likeness (QED) is 0.847. The van der Waals surface area contributed by atoms with Gasteiger partial charge in [0, 0.05) is 31.7 Å². The summed E-state index contributed by atoms with van der Waals surface area (Å²) in [5.74, 6) is 0.425. The van der Waals surface area contributed by atoms with Crippen LogP contribution in [-0.2, 0) is 16.6 Å². The van der Waals surface area contributed by atoms with E-state index < -0.39 is 10.2 Å². The maximum absolute atomic E-state index is 11.9. The Hall–Kier alpha value is -0.950. The van der Waals surface area contributed by atoms with Gasteiger partial charge in [0.1, 0.15) is 0 Å². The lowest BCUT2D eigenvalue weighted by Gasteiger charge is -2.51. The summed E-state index contributed by atoms with van der Waals surface area (Å²) in [5.41, 5.74) is 2.80. The molecule has 0 radical (unpaired) electrons. The number of nitrogens with zero attached hydrogens (tertiary/aromatic N) is 2. The number of piperidine rings is 2. The van der Waals surface area contributed by atoms with Crippen LogP contribution < -0.4 is 5.14 Å². The van der Waals surface area contributed by atoms with Gasteiger partial charge < -0.3 is 0 Å². The normalized spacial score (nSPS) is 32.9. The van der Waals surface area contributed by atoms with Crippen molar-refractivity contribution in [3.63, 3.8) is 0 Å². The first-order valence-corrected chi connectivity index (χ1v) is 9.66. The number of nitrogens with two attached hydrogens (primary N) is 1. The van der Waals surface area contributed by atoms with Gasteiger partial charge in [0.15, 0.2) is 0 Å². The highest BCUT2D eigenvalue weighted by Crippen LogP contribution is 2.43. The van der Waals surface area contributed by atoms with Gasteiger partial charge in [-0.15, -0.1) is 0 Å². The number of hydrogen-bond donors (Lipinski definition) is 1. The molecule has 3 aliphatic heterocycles. The molecule has 1 aromatic rings. The first-order chi connectivity index (χ1) is 10.5. The molecular formula is C16H23N3O2S. The summed E-state index contributed by atoms with van der Waals surface area (Å²) in [5, 5.41) is 5.46. The van der Waals surface area contributed by atoms with E-state index in [0.29, 0.717) is 18.5 Å². The number of rotatable bonds is 1. The Bertz CT molecular complexity index is 676. The fourth-order valence-corrected chi connectivity index (χ4v) is 5.69. The molecule has 0 spiro atoms. The molecule has 3 aliphatic rings. The smallest absolute Gasteiger partial charge is 0.277 e. The molecule has 0 amide bonds. The molecule has 2 saturated heterocycles. The molecule has 0 unspecified atom stereocenters. The lowest BCUT2D eigenvalue weighted by Crippen LogP contribution is -2.58. The zero-order valence-electron chi connectivity index (χ0n) is 12.7. The Morgan fingerprint density at radius 2 is 2.00 bits per heavy atom. The van der Waals surface area contributed by atoms with Gasteiger partial charge in [-0.05, 0) is 42.7 Å². The summed E-state index contributed by atoms with van der Waals surface area (Å²) >= 11 is 0. The Morgan fingerprint density at radius 1 is 1.18 bits per heavy atom. The SMILES string of the molecule is NS(=O)(=O)N1CCC[C@@H]2CN3CCc4ccccc4[C@@H]3C[C@@H]21. The summed E-state index contributed by atoms with van der Waals surface area (Å²) in [6.07, 6.45) is 4.01. The standard InChI is InChI=1S/C16H23N3O2S/c17-22(20,21)19-8-3-5-13-11-18-9-7-12-4-1-2-6-14(12)16(18)10-15(13)19/h1-2,4,6,13,15-16H,3,5,7-11H2,(H2,17,20,21)/t13-,15+,16+/m1/s1. The summed E-state index contributed by atoms with van der Waals surface area (Å²) in [4.78, 5) is 2.55. The highest BCUT2D eigenvalue weighted by atomic mass is 32.2. The molecule has 0 aromatic heterocycles. The zero-order chi connectivity index (χ0) is 15.3. The number of fused-ring (bicyclic) bond motifs is 4. The highest BCUT2D eigenvalue weighted by Gasteiger charge is 2.45. The molecule has 0 bridgehead atoms. The molecule has 2 fully saturated rings. The van der Waals surface area contributed by atoms with Crippen LogP contribution in [0, 0.1) is 5.92 Å². The Morgan fingerprint density at radius 3 is 2.82 bits per heavy atom. The molecule has 1 aromatic carbocycles. The third kappa shape index (κ3) is 2.38. The summed E-state index contributed by atoms with van der Waals surface area (Å²) in [6.45, 7) is 2.66. The van der Waals surface area contributed by atoms with Crippen LogP contribution in [-0.4, -0.2) is 43.3 Å². The monoisotopic (exact) mass is 321 g/mol. The van der Waals surface area contributed by atoms with Gasteiger partial charge in [-0.2, -0.15) is 12.7 Å². The van der Waals surface area contributed by atoms with E-state index in [0.717, 1.165) is 38.8 Å². The van der Waals surface area contributed by atoms with E-state index in [1.165, 1.54) is 11.1 Å². The zero-order valence-corrected chi connectivity index (χ0v) is 13.5. The Labute approximate surface area is 132 Å². The van der Waals surface area contributed by atoms with Crippen molar-refractivity contribution in [2.45, 2.75) is 37.8 Å². The van der Waals surface area contributed by atoms with Crippen molar-refractivity contribution in [1.82, 2.24) is 9.21 Å². The summed E-state index contributed by atoms with van der Waals surface area (Å²) < 4.78 is 25.4. The number of benzene rings is 1. The number of hydrogen-bond acceptors (Lipinski definition) is 3. The van der Waals surface area contributed by atoms with Crippen molar-refractivity contribution < 1.29 is 8.42 Å². The van der Waals surface area contributed by atoms with Crippen LogP contribution in [0.25, 0.3) is 0 Å². The maximum Gasteiger partial charge on any atom is 0.277 e. The molecule has 0 aliphatic carbocycles. The van der Waals surface area contributed by atoms with Crippen LogP contribution in [0.3, 0.4) is 0 Å². The first-order valence-electron chi connectivity index (χ1n) is 8.15. The third-order valence-corrected chi connectivity index (χ3v) is 6.76. The molecule has 22 heavy (non-hydrogen) atoms. The molecule has 5 nitrogen and oxygen atoms in total. The van der Waals surface area contributed by atoms with Gasteiger partial charge in [-0.1, -0.05) is 24.3 Å². The van der Waals surface area contributed by atoms with Gasteiger partial charge in [-0.25, -0.2) is 5.14 Å². The minimum absolute atomic E-state index is 0.0659. The second-order valence-corrected chi connectivity index (χ2v) is 8.32. The molecular weight excluding hydrogens is 298 g/mol. The largest absolute Gasteiger partial charge is 0.296 e. The van der Waals surface area contributed by atoms with E-state index in [9.17, 15) is 8.42 Å². The molecule has 120 valence electrons. The van der Waals surface area contributed by atoms with Crippen LogP contribution in [0.5, 0.6) is 0 Å². The summed E-state index contributed by atoms with van der Waals surface area (Å²) in [6, 6.07) is 9.00. The lowest BCUT2D eigenvalue weighted by atomic mass is 9.77. The molecule has 2 N–H and O–H groups in total. The Kier molecular flexibility index (Phi) is 3.52. The fourth-order valence-electron chi connectivity index (χ4n) is 4.67. The van der Waals surface area contributed by atoms with E-state index in [1.54, 1.807) is 4.31 Å². The predicted molar refractivity (Wildman–Crippen MR) is 85.4 cm³/mol. The minimum atomic E-state index is -3.60. The highest BCUT2D eigenvalue weighted by molar-refractivity contribution is 7.86. The predicted octanol–water partition coefficient (Wildman–Crippen LogP) is 1.27. The molecule has 3 atom stereocenters. The second-order valence-electron chi connectivity index (χ2n) is 6.82. The van der Waals surface area contributed by atoms with E-state index in [4.69, 9.17) is 5.14 Å². The molecule has 6 heteroatoms. The van der Waals surface area contributed by atoms with Crippen molar-refractivity contribution in [3.8, 4) is 0 Å². The molecule has 3 heterocycles. The first kappa shape index (κ1) is 14.6. The van der Waals surface area contributed by atoms with Crippen LogP contribution in [0.15, 0.2) is 24.3 Å². The van der Waals surface area contributed by atoms with Crippen molar-refractivity contribution in [3.05, 3.63) is 35.4 Å². The minimum Gasteiger partial charge on any atom is -0.296 e. The summed E-state index contributed by atoms with van der Waals surface area (Å²) in [7, 11) is -3.60. The van der Waals surface area contributed by atoms with Crippen LogP contribution in [0.1, 0.15) is 36.4 Å². The van der Waals surface area contributed by atoms with Crippen molar-refractivity contribution in [2.75, 3.05) is 19.6 Å². The second kappa shape index (κ2) is 5.30. The van der Waals surface area contributed by atoms with E-state index >= 15 is 0 Å². The van der Waals surface area contributed by atoms with Gasteiger partial charge in [0.25, 0.3) is 10.2 Å². The van der Waals surface area contributed by atoms with Gasteiger partial charge in [0.2, 0.25) is 0 Å². The Balaban J connectivity index is 1.67. The van der Waals surface area contributed by atoms with E-state index in [2.05, 4.69) is 29.2 Å². The average Bonchev–Trinajstić information content (AvgIpc) is 2.51. The lowest BCUT2D eigenvalue weighted by molar-refractivity contribution is 0.0220. The van der Waals surface area contributed by atoms with Crippen molar-refractivity contribution >= 4 is 10.2 Å². The molecule has 4 rings (SSSR count). The van der Waals surface area contributed by atoms with Gasteiger partial charge in [-0.3, -0.25) is 4.90 Å². The van der Waals surface area contributed by atoms with E-state index in [-0.39, 0.29) is 6.04 Å². The van der Waals surface area contributed by atoms with Gasteiger partial charge in [0.05, 0.1) is 0 Å². The van der Waals surface area contributed by atoms with Crippen LogP contribution in [0.4, 0.5) is 0 Å².